The van der Waals surface area contributed by atoms with Gasteiger partial charge in [-0.1, -0.05) is 19.8 Å². The molecule has 0 N–H and O–H groups in total. The highest BCUT2D eigenvalue weighted by molar-refractivity contribution is 7.91. The molecule has 1 heterocycles. The first-order valence-electron chi connectivity index (χ1n) is 7.67. The highest BCUT2D eigenvalue weighted by Crippen LogP contribution is 2.35. The van der Waals surface area contributed by atoms with Gasteiger partial charge in [0.2, 0.25) is 0 Å². The topological polar surface area (TPSA) is 52.6 Å². The molecule has 2 unspecified atom stereocenters. The zero-order valence-corrected chi connectivity index (χ0v) is 13.2. The van der Waals surface area contributed by atoms with E-state index in [1.807, 2.05) is 0 Å². The van der Waals surface area contributed by atoms with Crippen molar-refractivity contribution >= 4 is 9.84 Å². The van der Waals surface area contributed by atoms with Crippen molar-refractivity contribution in [3.63, 3.8) is 0 Å². The summed E-state index contributed by atoms with van der Waals surface area (Å²) in [5.74, 6) is 2.34. The number of benzene rings is 1. The van der Waals surface area contributed by atoms with Gasteiger partial charge in [-0.15, -0.1) is 0 Å². The van der Waals surface area contributed by atoms with Gasteiger partial charge < -0.3 is 9.47 Å². The minimum Gasteiger partial charge on any atom is -0.486 e. The molecule has 1 aromatic carbocycles. The number of fused-ring (bicyclic) bond motifs is 1. The average molecular weight is 310 g/mol. The van der Waals surface area contributed by atoms with Crippen molar-refractivity contribution < 1.29 is 17.9 Å². The molecule has 1 fully saturated rings. The first kappa shape index (κ1) is 14.7. The van der Waals surface area contributed by atoms with Crippen LogP contribution in [0.5, 0.6) is 11.5 Å². The van der Waals surface area contributed by atoms with Gasteiger partial charge in [-0.25, -0.2) is 8.42 Å². The minimum atomic E-state index is -3.25. The van der Waals surface area contributed by atoms with Crippen molar-refractivity contribution in [1.82, 2.24) is 0 Å². The van der Waals surface area contributed by atoms with Crippen molar-refractivity contribution in [1.29, 1.82) is 0 Å². The zero-order chi connectivity index (χ0) is 14.9. The molecule has 1 saturated carbocycles. The maximum atomic E-state index is 12.6. The molecule has 2 aliphatic rings. The van der Waals surface area contributed by atoms with E-state index in [2.05, 4.69) is 6.92 Å². The van der Waals surface area contributed by atoms with Crippen LogP contribution in [-0.4, -0.2) is 27.4 Å². The van der Waals surface area contributed by atoms with E-state index >= 15 is 0 Å². The van der Waals surface area contributed by atoms with E-state index in [1.165, 1.54) is 6.42 Å². The second kappa shape index (κ2) is 5.87. The Balaban J connectivity index is 1.78. The Bertz CT molecular complexity index is 609. The van der Waals surface area contributed by atoms with Gasteiger partial charge in [0.1, 0.15) is 13.2 Å². The number of hydrogen-bond donors (Lipinski definition) is 0. The number of sulfone groups is 1. The van der Waals surface area contributed by atoms with E-state index in [0.29, 0.717) is 35.5 Å². The van der Waals surface area contributed by atoms with Crippen molar-refractivity contribution in [2.45, 2.75) is 37.5 Å². The lowest BCUT2D eigenvalue weighted by molar-refractivity contribution is 0.171. The van der Waals surface area contributed by atoms with E-state index in [0.717, 1.165) is 19.3 Å². The molecule has 0 radical (unpaired) electrons. The molecule has 4 nitrogen and oxygen atoms in total. The van der Waals surface area contributed by atoms with Crippen LogP contribution in [0.4, 0.5) is 0 Å². The molecular formula is C16H22O4S. The summed E-state index contributed by atoms with van der Waals surface area (Å²) in [6, 6.07) is 4.94. The lowest BCUT2D eigenvalue weighted by Crippen LogP contribution is -2.22. The van der Waals surface area contributed by atoms with Crippen molar-refractivity contribution in [2.24, 2.45) is 11.8 Å². The summed E-state index contributed by atoms with van der Waals surface area (Å²) in [4.78, 5) is 0.352. The molecule has 1 aliphatic carbocycles. The van der Waals surface area contributed by atoms with E-state index in [-0.39, 0.29) is 11.7 Å². The lowest BCUT2D eigenvalue weighted by Gasteiger charge is -2.26. The van der Waals surface area contributed by atoms with Gasteiger partial charge in [-0.3, -0.25) is 0 Å². The van der Waals surface area contributed by atoms with Gasteiger partial charge >= 0.3 is 0 Å². The van der Waals surface area contributed by atoms with Crippen LogP contribution in [0.25, 0.3) is 0 Å². The van der Waals surface area contributed by atoms with Crippen LogP contribution in [0.3, 0.4) is 0 Å². The number of rotatable bonds is 3. The van der Waals surface area contributed by atoms with E-state index < -0.39 is 9.84 Å². The SMILES string of the molecule is CC1CCCC(CS(=O)(=O)c2ccc3c(c2)OCCO3)C1. The number of ether oxygens (including phenoxy) is 2. The van der Waals surface area contributed by atoms with E-state index in [9.17, 15) is 8.42 Å². The Morgan fingerprint density at radius 2 is 1.90 bits per heavy atom. The maximum absolute atomic E-state index is 12.6. The summed E-state index contributed by atoms with van der Waals surface area (Å²) in [7, 11) is -3.25. The smallest absolute Gasteiger partial charge is 0.178 e. The van der Waals surface area contributed by atoms with Gasteiger partial charge in [0, 0.05) is 6.07 Å². The molecule has 1 aromatic rings. The molecule has 0 spiro atoms. The standard InChI is InChI=1S/C16H22O4S/c1-12-3-2-4-13(9-12)11-21(17,18)14-5-6-15-16(10-14)20-8-7-19-15/h5-6,10,12-13H,2-4,7-9,11H2,1H3. The Hall–Kier alpha value is -1.23. The fourth-order valence-corrected chi connectivity index (χ4v) is 5.01. The predicted molar refractivity (Wildman–Crippen MR) is 80.6 cm³/mol. The van der Waals surface area contributed by atoms with Gasteiger partial charge in [0.05, 0.1) is 10.6 Å². The van der Waals surface area contributed by atoms with Crippen LogP contribution in [0.15, 0.2) is 23.1 Å². The Kier molecular flexibility index (Phi) is 4.11. The molecule has 21 heavy (non-hydrogen) atoms. The second-order valence-corrected chi connectivity index (χ2v) is 8.26. The fraction of sp³-hybridized carbons (Fsp3) is 0.625. The van der Waals surface area contributed by atoms with Gasteiger partial charge in [-0.05, 0) is 36.8 Å². The molecule has 1 aliphatic heterocycles. The molecule has 5 heteroatoms. The number of hydrogen-bond acceptors (Lipinski definition) is 4. The predicted octanol–water partition coefficient (Wildman–Crippen LogP) is 3.06. The highest BCUT2D eigenvalue weighted by atomic mass is 32.2. The molecule has 0 saturated heterocycles. The minimum absolute atomic E-state index is 0.247. The molecule has 3 rings (SSSR count). The van der Waals surface area contributed by atoms with Gasteiger partial charge in [-0.2, -0.15) is 0 Å². The molecule has 2 atom stereocenters. The Labute approximate surface area is 126 Å². The lowest BCUT2D eigenvalue weighted by atomic mass is 9.83. The van der Waals surface area contributed by atoms with E-state index in [4.69, 9.17) is 9.47 Å². The maximum Gasteiger partial charge on any atom is 0.178 e. The highest BCUT2D eigenvalue weighted by Gasteiger charge is 2.26. The molecule has 116 valence electrons. The molecule has 0 bridgehead atoms. The summed E-state index contributed by atoms with van der Waals surface area (Å²) in [5.41, 5.74) is 0. The van der Waals surface area contributed by atoms with Crippen molar-refractivity contribution in [3.8, 4) is 11.5 Å². The summed E-state index contributed by atoms with van der Waals surface area (Å²) < 4.78 is 36.1. The quantitative estimate of drug-likeness (QED) is 0.861. The van der Waals surface area contributed by atoms with Crippen LogP contribution in [-0.2, 0) is 9.84 Å². The fourth-order valence-electron chi connectivity index (χ4n) is 3.33. The summed E-state index contributed by atoms with van der Waals surface area (Å²) in [6.07, 6.45) is 4.40. The van der Waals surface area contributed by atoms with Crippen LogP contribution >= 0.6 is 0 Å². The molecular weight excluding hydrogens is 288 g/mol. The van der Waals surface area contributed by atoms with E-state index in [1.54, 1.807) is 18.2 Å². The van der Waals surface area contributed by atoms with Crippen LogP contribution < -0.4 is 9.47 Å². The zero-order valence-electron chi connectivity index (χ0n) is 12.4. The normalized spacial score (nSPS) is 25.6. The van der Waals surface area contributed by atoms with Crippen molar-refractivity contribution in [3.05, 3.63) is 18.2 Å². The van der Waals surface area contributed by atoms with Crippen LogP contribution in [0, 0.1) is 11.8 Å². The third-order valence-corrected chi connectivity index (χ3v) is 6.26. The average Bonchev–Trinajstić information content (AvgIpc) is 2.46. The first-order valence-corrected chi connectivity index (χ1v) is 9.32. The van der Waals surface area contributed by atoms with Gasteiger partial charge in [0.15, 0.2) is 21.3 Å². The van der Waals surface area contributed by atoms with Gasteiger partial charge in [0.25, 0.3) is 0 Å². The summed E-state index contributed by atoms with van der Waals surface area (Å²) >= 11 is 0. The monoisotopic (exact) mass is 310 g/mol. The summed E-state index contributed by atoms with van der Waals surface area (Å²) in [5, 5.41) is 0. The van der Waals surface area contributed by atoms with Crippen LogP contribution in [0.1, 0.15) is 32.6 Å². The summed E-state index contributed by atoms with van der Waals surface area (Å²) in [6.45, 7) is 3.19. The Morgan fingerprint density at radius 1 is 1.14 bits per heavy atom. The third-order valence-electron chi connectivity index (χ3n) is 4.37. The largest absolute Gasteiger partial charge is 0.486 e. The molecule has 0 amide bonds. The van der Waals surface area contributed by atoms with Crippen molar-refractivity contribution in [2.75, 3.05) is 19.0 Å². The third kappa shape index (κ3) is 3.34. The first-order chi connectivity index (χ1) is 10.0. The molecule has 0 aromatic heterocycles. The Morgan fingerprint density at radius 3 is 2.67 bits per heavy atom. The second-order valence-electron chi connectivity index (χ2n) is 6.22. The van der Waals surface area contributed by atoms with Crippen LogP contribution in [0.2, 0.25) is 0 Å².